The van der Waals surface area contributed by atoms with E-state index in [1.807, 2.05) is 24.3 Å². The molecule has 0 aliphatic heterocycles. The molecule has 0 radical (unpaired) electrons. The molecular formula is C31H26O7S. The first-order valence-corrected chi connectivity index (χ1v) is 14.3. The van der Waals surface area contributed by atoms with Crippen LogP contribution in [0.25, 0.3) is 10.8 Å². The molecule has 0 fully saturated rings. The fourth-order valence-corrected chi connectivity index (χ4v) is 6.79. The summed E-state index contributed by atoms with van der Waals surface area (Å²) in [5.41, 5.74) is 4.94. The Bertz CT molecular complexity index is 1660. The average Bonchev–Trinajstić information content (AvgIpc) is 2.94. The number of hydrogen-bond donors (Lipinski definition) is 1. The molecule has 7 nitrogen and oxygen atoms in total. The standard InChI is InChI=1S/C31H26O7S/c32-29(38-27-15-16-28(39(34,35)36)22-11-4-3-10-21(22)27)14-7-17-37-31(33)26-18-25-19-8-1-5-12-23(19)30(26)24-13-6-2-9-20(24)25/h1-6,8-13,15-16,25-26,30H,7,14,17-18H2,(H,34,35,36). The largest absolute Gasteiger partial charge is 0.465 e. The highest BCUT2D eigenvalue weighted by molar-refractivity contribution is 7.86. The molecule has 198 valence electrons. The topological polar surface area (TPSA) is 107 Å². The molecule has 2 bridgehead atoms. The van der Waals surface area contributed by atoms with Crippen LogP contribution in [0.1, 0.15) is 53.4 Å². The van der Waals surface area contributed by atoms with Crippen LogP contribution in [0, 0.1) is 5.92 Å². The lowest BCUT2D eigenvalue weighted by atomic mass is 9.59. The first-order valence-electron chi connectivity index (χ1n) is 12.9. The molecule has 0 aromatic heterocycles. The molecule has 7 rings (SSSR count). The molecule has 0 saturated heterocycles. The van der Waals surface area contributed by atoms with Crippen LogP contribution in [0.4, 0.5) is 0 Å². The molecule has 0 amide bonds. The van der Waals surface area contributed by atoms with E-state index in [9.17, 15) is 22.6 Å². The summed E-state index contributed by atoms with van der Waals surface area (Å²) in [6, 6.07) is 25.6. The summed E-state index contributed by atoms with van der Waals surface area (Å²) in [6.45, 7) is 0.0908. The molecule has 3 aliphatic rings. The molecule has 0 spiro atoms. The maximum Gasteiger partial charge on any atom is 0.311 e. The van der Waals surface area contributed by atoms with Crippen LogP contribution < -0.4 is 4.74 Å². The average molecular weight is 543 g/mol. The third-order valence-electron chi connectivity index (χ3n) is 7.72. The molecule has 1 atom stereocenters. The van der Waals surface area contributed by atoms with Crippen LogP contribution in [-0.4, -0.2) is 31.5 Å². The number of fused-ring (bicyclic) bond motifs is 2. The van der Waals surface area contributed by atoms with Crippen molar-refractivity contribution < 1.29 is 32.0 Å². The van der Waals surface area contributed by atoms with E-state index in [0.717, 1.165) is 0 Å². The van der Waals surface area contributed by atoms with Crippen molar-refractivity contribution in [3.63, 3.8) is 0 Å². The maximum absolute atomic E-state index is 13.2. The lowest BCUT2D eigenvalue weighted by molar-refractivity contribution is -0.150. The van der Waals surface area contributed by atoms with Crippen molar-refractivity contribution in [1.82, 2.24) is 0 Å². The fraction of sp³-hybridized carbons (Fsp3) is 0.226. The Balaban J connectivity index is 1.09. The van der Waals surface area contributed by atoms with Gasteiger partial charge in [0.15, 0.2) is 0 Å². The van der Waals surface area contributed by atoms with E-state index < -0.39 is 16.1 Å². The van der Waals surface area contributed by atoms with Gasteiger partial charge in [0, 0.05) is 29.0 Å². The van der Waals surface area contributed by atoms with Crippen LogP contribution in [0.15, 0.2) is 89.8 Å². The highest BCUT2D eigenvalue weighted by Crippen LogP contribution is 2.55. The van der Waals surface area contributed by atoms with Gasteiger partial charge in [-0.25, -0.2) is 0 Å². The van der Waals surface area contributed by atoms with Gasteiger partial charge < -0.3 is 9.47 Å². The summed E-state index contributed by atoms with van der Waals surface area (Å²) in [4.78, 5) is 25.5. The van der Waals surface area contributed by atoms with Gasteiger partial charge in [-0.3, -0.25) is 14.1 Å². The van der Waals surface area contributed by atoms with Crippen molar-refractivity contribution in [1.29, 1.82) is 0 Å². The third kappa shape index (κ3) is 4.60. The van der Waals surface area contributed by atoms with Crippen molar-refractivity contribution in [2.45, 2.75) is 36.0 Å². The minimum atomic E-state index is -4.43. The Morgan fingerprint density at radius 1 is 0.795 bits per heavy atom. The van der Waals surface area contributed by atoms with Crippen LogP contribution >= 0.6 is 0 Å². The molecule has 1 unspecified atom stereocenters. The summed E-state index contributed by atoms with van der Waals surface area (Å²) in [7, 11) is -4.43. The smallest absolute Gasteiger partial charge is 0.311 e. The number of carbonyl (C=O) groups excluding carboxylic acids is 2. The van der Waals surface area contributed by atoms with Crippen molar-refractivity contribution in [3.05, 3.63) is 107 Å². The number of hydrogen-bond acceptors (Lipinski definition) is 6. The van der Waals surface area contributed by atoms with Crippen molar-refractivity contribution in [3.8, 4) is 5.75 Å². The van der Waals surface area contributed by atoms with Gasteiger partial charge in [0.1, 0.15) is 10.6 Å². The molecule has 4 aromatic rings. The molecular weight excluding hydrogens is 516 g/mol. The van der Waals surface area contributed by atoms with E-state index >= 15 is 0 Å². The summed E-state index contributed by atoms with van der Waals surface area (Å²) < 4.78 is 44.0. The Labute approximate surface area is 226 Å². The minimum Gasteiger partial charge on any atom is -0.465 e. The van der Waals surface area contributed by atoms with E-state index in [1.165, 1.54) is 40.5 Å². The summed E-state index contributed by atoms with van der Waals surface area (Å²) >= 11 is 0. The zero-order chi connectivity index (χ0) is 27.1. The predicted octanol–water partition coefficient (Wildman–Crippen LogP) is 5.61. The monoisotopic (exact) mass is 542 g/mol. The molecule has 4 aromatic carbocycles. The lowest BCUT2D eigenvalue weighted by Gasteiger charge is -2.44. The van der Waals surface area contributed by atoms with Gasteiger partial charge in [-0.1, -0.05) is 72.8 Å². The number of esters is 2. The Morgan fingerprint density at radius 3 is 2.03 bits per heavy atom. The van der Waals surface area contributed by atoms with Gasteiger partial charge >= 0.3 is 11.9 Å². The normalized spacial score (nSPS) is 19.3. The molecule has 3 aliphatic carbocycles. The Morgan fingerprint density at radius 2 is 1.38 bits per heavy atom. The lowest BCUT2D eigenvalue weighted by Crippen LogP contribution is -2.37. The zero-order valence-electron chi connectivity index (χ0n) is 20.9. The van der Waals surface area contributed by atoms with Crippen LogP contribution in [0.3, 0.4) is 0 Å². The van der Waals surface area contributed by atoms with Gasteiger partial charge in [0.25, 0.3) is 10.1 Å². The van der Waals surface area contributed by atoms with Crippen molar-refractivity contribution in [2.75, 3.05) is 6.61 Å². The van der Waals surface area contributed by atoms with E-state index in [0.29, 0.717) is 18.2 Å². The Hall–Kier alpha value is -4.01. The van der Waals surface area contributed by atoms with E-state index in [-0.39, 0.29) is 52.8 Å². The van der Waals surface area contributed by atoms with Crippen molar-refractivity contribution in [2.24, 2.45) is 5.92 Å². The number of carbonyl (C=O) groups is 2. The minimum absolute atomic E-state index is 0.0179. The second-order valence-corrected chi connectivity index (χ2v) is 11.3. The highest BCUT2D eigenvalue weighted by atomic mass is 32.2. The zero-order valence-corrected chi connectivity index (χ0v) is 21.8. The van der Waals surface area contributed by atoms with Crippen LogP contribution in [0.2, 0.25) is 0 Å². The summed E-state index contributed by atoms with van der Waals surface area (Å²) in [5, 5.41) is 0.643. The number of ether oxygens (including phenoxy) is 2. The number of rotatable bonds is 7. The number of benzene rings is 4. The quantitative estimate of drug-likeness (QED) is 0.140. The van der Waals surface area contributed by atoms with Gasteiger partial charge in [-0.05, 0) is 47.2 Å². The van der Waals surface area contributed by atoms with Crippen LogP contribution in [0.5, 0.6) is 5.75 Å². The highest BCUT2D eigenvalue weighted by Gasteiger charge is 2.46. The second-order valence-electron chi connectivity index (χ2n) is 9.96. The van der Waals surface area contributed by atoms with Gasteiger partial charge in [0.05, 0.1) is 12.5 Å². The van der Waals surface area contributed by atoms with Gasteiger partial charge in [0.2, 0.25) is 0 Å². The van der Waals surface area contributed by atoms with E-state index in [1.54, 1.807) is 18.2 Å². The van der Waals surface area contributed by atoms with Gasteiger partial charge in [-0.15, -0.1) is 0 Å². The first kappa shape index (κ1) is 25.3. The first-order chi connectivity index (χ1) is 18.8. The summed E-state index contributed by atoms with van der Waals surface area (Å²) in [5.74, 6) is -0.754. The second kappa shape index (κ2) is 9.94. The molecule has 8 heteroatoms. The Kier molecular flexibility index (Phi) is 6.45. The molecule has 1 N–H and O–H groups in total. The summed E-state index contributed by atoms with van der Waals surface area (Å²) in [6.07, 6.45) is 1.01. The molecule has 39 heavy (non-hydrogen) atoms. The van der Waals surface area contributed by atoms with E-state index in [2.05, 4.69) is 24.3 Å². The molecule has 0 heterocycles. The third-order valence-corrected chi connectivity index (χ3v) is 8.63. The molecule has 0 saturated carbocycles. The SMILES string of the molecule is O=C(CCCOC(=O)C1CC2c3ccccc3C1c1ccccc12)Oc1ccc(S(=O)(=O)O)c2ccccc12. The van der Waals surface area contributed by atoms with E-state index in [4.69, 9.17) is 9.47 Å². The van der Waals surface area contributed by atoms with Gasteiger partial charge in [-0.2, -0.15) is 8.42 Å². The van der Waals surface area contributed by atoms with Crippen LogP contribution in [-0.2, 0) is 24.4 Å². The predicted molar refractivity (Wildman–Crippen MR) is 144 cm³/mol. The fourth-order valence-electron chi connectivity index (χ4n) is 6.10. The van der Waals surface area contributed by atoms with Crippen molar-refractivity contribution >= 4 is 32.8 Å². The maximum atomic E-state index is 13.2.